The summed E-state index contributed by atoms with van der Waals surface area (Å²) in [7, 11) is 0. The van der Waals surface area contributed by atoms with Gasteiger partial charge < -0.3 is 0 Å². The first-order valence-electron chi connectivity index (χ1n) is 2.71. The van der Waals surface area contributed by atoms with Crippen molar-refractivity contribution in [3.8, 4) is 0 Å². The molecule has 0 aromatic carbocycles. The molecule has 0 N–H and O–H groups in total. The fourth-order valence-electron chi connectivity index (χ4n) is 0.375. The predicted molar refractivity (Wildman–Crippen MR) is 34.6 cm³/mol. The zero-order valence-corrected chi connectivity index (χ0v) is 8.27. The van der Waals surface area contributed by atoms with E-state index in [0.29, 0.717) is 5.41 Å². The average Bonchev–Trinajstić information content (AvgIpc) is 1.30. The predicted octanol–water partition coefficient (Wildman–Crippen LogP) is 2.01. The Morgan fingerprint density at radius 1 is 1.29 bits per heavy atom. The maximum absolute atomic E-state index is 2.29. The van der Waals surface area contributed by atoms with Crippen LogP contribution in [0.4, 0.5) is 0 Å². The second kappa shape index (κ2) is 2.95. The Kier molecular flexibility index (Phi) is 3.29. The molecule has 0 nitrogen and oxygen atoms in total. The van der Waals surface area contributed by atoms with Gasteiger partial charge in [-0.2, -0.15) is 0 Å². The van der Waals surface area contributed by atoms with Crippen LogP contribution in [0.2, 0.25) is 4.44 Å². The van der Waals surface area contributed by atoms with Crippen molar-refractivity contribution >= 4 is 22.5 Å². The molecule has 41 valence electrons. The van der Waals surface area contributed by atoms with Gasteiger partial charge in [0.05, 0.1) is 0 Å². The second-order valence-electron chi connectivity index (χ2n) is 3.06. The van der Waals surface area contributed by atoms with Crippen molar-refractivity contribution in [3.63, 3.8) is 0 Å². The van der Waals surface area contributed by atoms with Gasteiger partial charge in [-0.1, -0.05) is 0 Å². The van der Waals surface area contributed by atoms with Gasteiger partial charge in [0.15, 0.2) is 0 Å². The van der Waals surface area contributed by atoms with Gasteiger partial charge in [-0.15, -0.1) is 0 Å². The van der Waals surface area contributed by atoms with Crippen molar-refractivity contribution in [2.45, 2.75) is 31.6 Å². The molecule has 7 heavy (non-hydrogen) atoms. The zero-order chi connectivity index (χ0) is 5.91. The van der Waals surface area contributed by atoms with Crippen LogP contribution in [0.15, 0.2) is 0 Å². The van der Waals surface area contributed by atoms with Gasteiger partial charge in [0.2, 0.25) is 0 Å². The molecule has 0 atom stereocenters. The molecule has 0 rings (SSSR count). The molecular formula is C6H13Sn. The van der Waals surface area contributed by atoms with Crippen molar-refractivity contribution in [3.05, 3.63) is 0 Å². The van der Waals surface area contributed by atoms with Crippen molar-refractivity contribution in [1.29, 1.82) is 0 Å². The molecular weight excluding hydrogens is 191 g/mol. The molecule has 0 unspecified atom stereocenters. The van der Waals surface area contributed by atoms with Crippen LogP contribution < -0.4 is 0 Å². The third-order valence-electron chi connectivity index (χ3n) is 0.875. The standard InChI is InChI=1S/C6H13.Sn/c1-5-6(2,3)4;/h1,5H2,2-4H3;. The average molecular weight is 204 g/mol. The van der Waals surface area contributed by atoms with E-state index in [4.69, 9.17) is 0 Å². The van der Waals surface area contributed by atoms with Gasteiger partial charge in [-0.05, 0) is 0 Å². The molecule has 0 spiro atoms. The summed E-state index contributed by atoms with van der Waals surface area (Å²) in [5, 5.41) is 0. The number of hydrogen-bond donors (Lipinski definition) is 0. The molecule has 0 aliphatic carbocycles. The van der Waals surface area contributed by atoms with E-state index in [-0.39, 0.29) is 0 Å². The summed E-state index contributed by atoms with van der Waals surface area (Å²) in [6, 6.07) is 0. The minimum absolute atomic E-state index is 0.573. The van der Waals surface area contributed by atoms with E-state index in [0.717, 1.165) is 0 Å². The SMILES string of the molecule is CC(C)(C)C[CH2][Sn]. The van der Waals surface area contributed by atoms with E-state index >= 15 is 0 Å². The van der Waals surface area contributed by atoms with E-state index < -0.39 is 0 Å². The third-order valence-corrected chi connectivity index (χ3v) is 1.59. The van der Waals surface area contributed by atoms with E-state index in [2.05, 4.69) is 20.8 Å². The van der Waals surface area contributed by atoms with Gasteiger partial charge in [-0.25, -0.2) is 0 Å². The van der Waals surface area contributed by atoms with Crippen LogP contribution in [0.3, 0.4) is 0 Å². The topological polar surface area (TPSA) is 0 Å². The van der Waals surface area contributed by atoms with Crippen LogP contribution in [0.1, 0.15) is 27.2 Å². The molecule has 0 aromatic heterocycles. The molecule has 0 saturated carbocycles. The van der Waals surface area contributed by atoms with Crippen LogP contribution in [0.25, 0.3) is 0 Å². The molecule has 0 fully saturated rings. The summed E-state index contributed by atoms with van der Waals surface area (Å²) in [4.78, 5) is 0. The van der Waals surface area contributed by atoms with Gasteiger partial charge in [0.25, 0.3) is 0 Å². The van der Waals surface area contributed by atoms with Crippen molar-refractivity contribution in [2.24, 2.45) is 5.41 Å². The van der Waals surface area contributed by atoms with E-state index in [1.165, 1.54) is 10.9 Å². The molecule has 0 aliphatic rings. The van der Waals surface area contributed by atoms with Crippen molar-refractivity contribution < 1.29 is 0 Å². The summed E-state index contributed by atoms with van der Waals surface area (Å²) in [5.41, 5.74) is 0.573. The Hall–Kier alpha value is 0.799. The maximum atomic E-state index is 2.29. The molecule has 0 saturated heterocycles. The van der Waals surface area contributed by atoms with Crippen molar-refractivity contribution in [2.75, 3.05) is 0 Å². The van der Waals surface area contributed by atoms with Gasteiger partial charge in [-0.3, -0.25) is 0 Å². The summed E-state index contributed by atoms with van der Waals surface area (Å²) in [6.45, 7) is 6.87. The number of hydrogen-bond acceptors (Lipinski definition) is 0. The van der Waals surface area contributed by atoms with Crippen LogP contribution in [0.5, 0.6) is 0 Å². The third kappa shape index (κ3) is 6.80. The molecule has 3 radical (unpaired) electrons. The van der Waals surface area contributed by atoms with Crippen molar-refractivity contribution in [1.82, 2.24) is 0 Å². The molecule has 0 bridgehead atoms. The Morgan fingerprint density at radius 2 is 1.71 bits per heavy atom. The van der Waals surface area contributed by atoms with Crippen LogP contribution in [-0.2, 0) is 0 Å². The first-order valence-corrected chi connectivity index (χ1v) is 4.73. The quantitative estimate of drug-likeness (QED) is 0.573. The van der Waals surface area contributed by atoms with Gasteiger partial charge >= 0.3 is 59.6 Å². The van der Waals surface area contributed by atoms with E-state index in [9.17, 15) is 0 Å². The summed E-state index contributed by atoms with van der Waals surface area (Å²) < 4.78 is 1.40. The van der Waals surface area contributed by atoms with Crippen LogP contribution in [0, 0.1) is 5.41 Å². The Bertz CT molecular complexity index is 42.6. The molecule has 0 amide bonds. The van der Waals surface area contributed by atoms with E-state index in [1.54, 1.807) is 22.5 Å². The molecule has 0 aromatic rings. The summed E-state index contributed by atoms with van der Waals surface area (Å²) >= 11 is 1.67. The fraction of sp³-hybridized carbons (Fsp3) is 1.00. The number of rotatable bonds is 1. The monoisotopic (exact) mass is 205 g/mol. The first kappa shape index (κ1) is 7.80. The first-order chi connectivity index (χ1) is 3.06. The second-order valence-corrected chi connectivity index (χ2v) is 4.49. The zero-order valence-electron chi connectivity index (χ0n) is 5.41. The Labute approximate surface area is 59.8 Å². The van der Waals surface area contributed by atoms with E-state index in [1.807, 2.05) is 0 Å². The van der Waals surface area contributed by atoms with Crippen LogP contribution in [-0.4, -0.2) is 22.5 Å². The molecule has 1 heteroatoms. The summed E-state index contributed by atoms with van der Waals surface area (Å²) in [6.07, 6.45) is 1.38. The fourth-order valence-corrected chi connectivity index (χ4v) is 2.52. The molecule has 0 heterocycles. The Morgan fingerprint density at radius 3 is 1.71 bits per heavy atom. The van der Waals surface area contributed by atoms with Gasteiger partial charge in [0, 0.05) is 0 Å². The van der Waals surface area contributed by atoms with Crippen LogP contribution >= 0.6 is 0 Å². The minimum atomic E-state index is 0.573. The normalized spacial score (nSPS) is 12.0. The Balaban J connectivity index is 3.15. The molecule has 0 aliphatic heterocycles. The summed E-state index contributed by atoms with van der Waals surface area (Å²) in [5.74, 6) is 0. The van der Waals surface area contributed by atoms with Gasteiger partial charge in [0.1, 0.15) is 0 Å².